The lowest BCUT2D eigenvalue weighted by Gasteiger charge is -2.18. The molecular formula is C19H23NO4S. The fourth-order valence-corrected chi connectivity index (χ4v) is 4.17. The van der Waals surface area contributed by atoms with E-state index in [1.807, 2.05) is 35.2 Å². The molecule has 1 aliphatic rings. The molecule has 0 saturated carbocycles. The van der Waals surface area contributed by atoms with Crippen molar-refractivity contribution in [1.82, 2.24) is 4.90 Å². The lowest BCUT2D eigenvalue weighted by atomic mass is 9.97. The summed E-state index contributed by atoms with van der Waals surface area (Å²) in [5, 5.41) is 0. The predicted molar refractivity (Wildman–Crippen MR) is 97.8 cm³/mol. The van der Waals surface area contributed by atoms with Crippen molar-refractivity contribution in [3.05, 3.63) is 45.6 Å². The first-order valence-corrected chi connectivity index (χ1v) is 9.06. The van der Waals surface area contributed by atoms with Crippen molar-refractivity contribution in [2.24, 2.45) is 0 Å². The van der Waals surface area contributed by atoms with Crippen LogP contribution < -0.4 is 9.47 Å². The molecule has 1 aromatic carbocycles. The minimum atomic E-state index is 0.0942. The average Bonchev–Trinajstić information content (AvgIpc) is 3.30. The van der Waals surface area contributed by atoms with E-state index in [-0.39, 0.29) is 11.8 Å². The number of amides is 1. The Bertz CT molecular complexity index is 743. The number of carbonyl (C=O) groups is 1. The molecule has 1 amide bonds. The van der Waals surface area contributed by atoms with Gasteiger partial charge in [0.1, 0.15) is 11.5 Å². The first kappa shape index (κ1) is 17.8. The molecule has 2 heterocycles. The van der Waals surface area contributed by atoms with Crippen LogP contribution in [0.2, 0.25) is 0 Å². The van der Waals surface area contributed by atoms with Crippen molar-refractivity contribution in [2.75, 3.05) is 34.4 Å². The Kier molecular flexibility index (Phi) is 5.60. The molecule has 1 fully saturated rings. The maximum atomic E-state index is 12.8. The molecular weight excluding hydrogens is 338 g/mol. The molecule has 2 aromatic rings. The molecule has 0 spiro atoms. The molecule has 0 N–H and O–H groups in total. The maximum absolute atomic E-state index is 12.8. The summed E-state index contributed by atoms with van der Waals surface area (Å²) in [6.45, 7) is 1.99. The molecule has 0 radical (unpaired) electrons. The van der Waals surface area contributed by atoms with Gasteiger partial charge in [0.05, 0.1) is 25.7 Å². The Morgan fingerprint density at radius 2 is 2.04 bits per heavy atom. The van der Waals surface area contributed by atoms with Gasteiger partial charge >= 0.3 is 0 Å². The lowest BCUT2D eigenvalue weighted by molar-refractivity contribution is 0.0795. The van der Waals surface area contributed by atoms with E-state index >= 15 is 0 Å². The van der Waals surface area contributed by atoms with Crippen molar-refractivity contribution < 1.29 is 19.0 Å². The van der Waals surface area contributed by atoms with Crippen LogP contribution >= 0.6 is 11.3 Å². The molecule has 0 bridgehead atoms. The van der Waals surface area contributed by atoms with Crippen LogP contribution in [0.25, 0.3) is 0 Å². The minimum Gasteiger partial charge on any atom is -0.497 e. The van der Waals surface area contributed by atoms with Crippen LogP contribution in [0.5, 0.6) is 11.5 Å². The van der Waals surface area contributed by atoms with E-state index in [1.165, 1.54) is 11.3 Å². The number of hydrogen-bond acceptors (Lipinski definition) is 5. The zero-order valence-electron chi connectivity index (χ0n) is 14.8. The van der Waals surface area contributed by atoms with Crippen LogP contribution in [-0.4, -0.2) is 45.2 Å². The van der Waals surface area contributed by atoms with E-state index in [0.717, 1.165) is 39.8 Å². The van der Waals surface area contributed by atoms with Crippen molar-refractivity contribution in [3.63, 3.8) is 0 Å². The molecule has 1 saturated heterocycles. The maximum Gasteiger partial charge on any atom is 0.263 e. The van der Waals surface area contributed by atoms with Crippen LogP contribution in [0.3, 0.4) is 0 Å². The fourth-order valence-electron chi connectivity index (χ4n) is 3.23. The number of thiophene rings is 1. The molecule has 3 rings (SSSR count). The molecule has 1 aromatic heterocycles. The predicted octanol–water partition coefficient (Wildman–Crippen LogP) is 3.54. The van der Waals surface area contributed by atoms with E-state index in [1.54, 1.807) is 21.3 Å². The third-order valence-electron chi connectivity index (χ3n) is 4.51. The van der Waals surface area contributed by atoms with Crippen LogP contribution in [0.4, 0.5) is 0 Å². The average molecular weight is 361 g/mol. The molecule has 0 aliphatic carbocycles. The molecule has 134 valence electrons. The second-order valence-electron chi connectivity index (χ2n) is 6.04. The third-order valence-corrected chi connectivity index (χ3v) is 5.56. The third kappa shape index (κ3) is 3.80. The number of rotatable bonds is 6. The number of nitrogens with zero attached hydrogens (tertiary/aromatic N) is 1. The van der Waals surface area contributed by atoms with Crippen molar-refractivity contribution in [2.45, 2.75) is 18.9 Å². The molecule has 0 unspecified atom stereocenters. The number of benzene rings is 1. The van der Waals surface area contributed by atoms with Gasteiger partial charge in [0.2, 0.25) is 0 Å². The van der Waals surface area contributed by atoms with E-state index in [0.29, 0.717) is 13.2 Å². The number of ether oxygens (including phenoxy) is 3. The molecule has 25 heavy (non-hydrogen) atoms. The van der Waals surface area contributed by atoms with Crippen LogP contribution in [0.1, 0.15) is 32.5 Å². The van der Waals surface area contributed by atoms with Gasteiger partial charge in [0.25, 0.3) is 5.91 Å². The molecule has 1 atom stereocenters. The fraction of sp³-hybridized carbons (Fsp3) is 0.421. The molecule has 5 nitrogen and oxygen atoms in total. The number of methoxy groups -OCH3 is 3. The minimum absolute atomic E-state index is 0.0942. The topological polar surface area (TPSA) is 48.0 Å². The van der Waals surface area contributed by atoms with Crippen molar-refractivity contribution in [1.29, 1.82) is 0 Å². The van der Waals surface area contributed by atoms with Gasteiger partial charge in [-0.1, -0.05) is 0 Å². The smallest absolute Gasteiger partial charge is 0.263 e. The normalized spacial score (nSPS) is 16.9. The van der Waals surface area contributed by atoms with Crippen molar-refractivity contribution in [3.8, 4) is 11.5 Å². The summed E-state index contributed by atoms with van der Waals surface area (Å²) >= 11 is 1.50. The zero-order chi connectivity index (χ0) is 17.8. The Labute approximate surface area is 152 Å². The summed E-state index contributed by atoms with van der Waals surface area (Å²) in [4.78, 5) is 16.5. The standard InChI is InChI=1S/C19H23NO4S/c1-22-12-15-5-7-18(25-15)19(21)20-9-8-13(11-20)16-10-14(23-2)4-6-17(16)24-3/h4-7,10,13H,8-9,11-12H2,1-3H3/t13-/m0/s1. The SMILES string of the molecule is COCc1ccc(C(=O)N2CC[C@H](c3cc(OC)ccc3OC)C2)s1. The second-order valence-corrected chi connectivity index (χ2v) is 7.21. The van der Waals surface area contributed by atoms with Gasteiger partial charge in [-0.2, -0.15) is 0 Å². The quantitative estimate of drug-likeness (QED) is 0.790. The van der Waals surface area contributed by atoms with E-state index in [2.05, 4.69) is 0 Å². The highest BCUT2D eigenvalue weighted by atomic mass is 32.1. The Morgan fingerprint density at radius 3 is 2.76 bits per heavy atom. The van der Waals surface area contributed by atoms with Crippen LogP contribution in [0, 0.1) is 0 Å². The van der Waals surface area contributed by atoms with Gasteiger partial charge in [0.15, 0.2) is 0 Å². The highest BCUT2D eigenvalue weighted by Gasteiger charge is 2.30. The highest BCUT2D eigenvalue weighted by molar-refractivity contribution is 7.14. The first-order valence-electron chi connectivity index (χ1n) is 8.25. The Hall–Kier alpha value is -2.05. The van der Waals surface area contributed by atoms with Crippen LogP contribution in [0.15, 0.2) is 30.3 Å². The van der Waals surface area contributed by atoms with Gasteiger partial charge in [-0.15, -0.1) is 11.3 Å². The summed E-state index contributed by atoms with van der Waals surface area (Å²) in [5.74, 6) is 2.01. The zero-order valence-corrected chi connectivity index (χ0v) is 15.6. The second kappa shape index (κ2) is 7.89. The van der Waals surface area contributed by atoms with Crippen molar-refractivity contribution >= 4 is 17.2 Å². The van der Waals surface area contributed by atoms with E-state index in [9.17, 15) is 4.79 Å². The summed E-state index contributed by atoms with van der Waals surface area (Å²) < 4.78 is 16.0. The largest absolute Gasteiger partial charge is 0.497 e. The van der Waals surface area contributed by atoms with Gasteiger partial charge < -0.3 is 19.1 Å². The summed E-state index contributed by atoms with van der Waals surface area (Å²) in [6, 6.07) is 9.68. The van der Waals surface area contributed by atoms with Gasteiger partial charge in [-0.25, -0.2) is 0 Å². The first-order chi connectivity index (χ1) is 12.2. The van der Waals surface area contributed by atoms with E-state index in [4.69, 9.17) is 14.2 Å². The highest BCUT2D eigenvalue weighted by Crippen LogP contribution is 2.36. The lowest BCUT2D eigenvalue weighted by Crippen LogP contribution is -2.27. The molecule has 1 aliphatic heterocycles. The van der Waals surface area contributed by atoms with Crippen LogP contribution in [-0.2, 0) is 11.3 Å². The van der Waals surface area contributed by atoms with E-state index < -0.39 is 0 Å². The Morgan fingerprint density at radius 1 is 1.20 bits per heavy atom. The number of hydrogen-bond donors (Lipinski definition) is 0. The monoisotopic (exact) mass is 361 g/mol. The summed E-state index contributed by atoms with van der Waals surface area (Å²) in [5.41, 5.74) is 1.10. The van der Waals surface area contributed by atoms with Gasteiger partial charge in [-0.3, -0.25) is 4.79 Å². The Balaban J connectivity index is 1.73. The molecule has 6 heteroatoms. The number of carbonyl (C=O) groups excluding carboxylic acids is 1. The van der Waals surface area contributed by atoms with Gasteiger partial charge in [-0.05, 0) is 36.8 Å². The summed E-state index contributed by atoms with van der Waals surface area (Å²) in [6.07, 6.45) is 0.922. The van der Waals surface area contributed by atoms with Gasteiger partial charge in [0, 0.05) is 36.6 Å². The number of likely N-dealkylation sites (tertiary alicyclic amines) is 1. The summed E-state index contributed by atoms with van der Waals surface area (Å²) in [7, 11) is 4.99.